The Kier molecular flexibility index (Phi) is 3.91. The van der Waals surface area contributed by atoms with E-state index in [2.05, 4.69) is 15.6 Å². The highest BCUT2D eigenvalue weighted by Gasteiger charge is 2.14. The van der Waals surface area contributed by atoms with Crippen molar-refractivity contribution in [1.82, 2.24) is 14.9 Å². The minimum atomic E-state index is 0.0466. The van der Waals surface area contributed by atoms with Gasteiger partial charge in [-0.1, -0.05) is 32.1 Å². The molecule has 2 rings (SSSR count). The second-order valence-corrected chi connectivity index (χ2v) is 4.45. The van der Waals surface area contributed by atoms with Gasteiger partial charge in [0.25, 0.3) is 0 Å². The molecule has 1 aromatic rings. The first kappa shape index (κ1) is 11.1. The van der Waals surface area contributed by atoms with Crippen molar-refractivity contribution < 1.29 is 4.79 Å². The van der Waals surface area contributed by atoms with Crippen LogP contribution in [0, 0.1) is 5.92 Å². The SMILES string of the molecule is O=C(CCC1CCCCC1)Nn1cnnc1. The summed E-state index contributed by atoms with van der Waals surface area (Å²) in [4.78, 5) is 11.6. The van der Waals surface area contributed by atoms with Crippen LogP contribution >= 0.6 is 0 Å². The summed E-state index contributed by atoms with van der Waals surface area (Å²) in [5.41, 5.74) is 2.71. The second-order valence-electron chi connectivity index (χ2n) is 4.45. The number of hydrogen-bond donors (Lipinski definition) is 1. The number of amides is 1. The van der Waals surface area contributed by atoms with Gasteiger partial charge in [-0.15, -0.1) is 10.2 Å². The van der Waals surface area contributed by atoms with E-state index in [1.807, 2.05) is 0 Å². The number of carbonyl (C=O) groups excluding carboxylic acids is 1. The van der Waals surface area contributed by atoms with Crippen LogP contribution < -0.4 is 5.43 Å². The molecule has 0 radical (unpaired) electrons. The topological polar surface area (TPSA) is 59.8 Å². The average Bonchev–Trinajstić information content (AvgIpc) is 2.81. The minimum Gasteiger partial charge on any atom is -0.273 e. The van der Waals surface area contributed by atoms with Crippen molar-refractivity contribution in [2.24, 2.45) is 5.92 Å². The molecular formula is C11H18N4O. The zero-order valence-electron chi connectivity index (χ0n) is 9.43. The Morgan fingerprint density at radius 3 is 2.62 bits per heavy atom. The molecule has 1 heterocycles. The molecule has 0 aromatic carbocycles. The van der Waals surface area contributed by atoms with Gasteiger partial charge in [0.05, 0.1) is 0 Å². The summed E-state index contributed by atoms with van der Waals surface area (Å²) in [5.74, 6) is 0.797. The summed E-state index contributed by atoms with van der Waals surface area (Å²) in [6.07, 6.45) is 11.2. The molecule has 0 atom stereocenters. The predicted molar refractivity (Wildman–Crippen MR) is 60.2 cm³/mol. The molecule has 5 nitrogen and oxygen atoms in total. The van der Waals surface area contributed by atoms with E-state index in [0.29, 0.717) is 6.42 Å². The van der Waals surface area contributed by atoms with E-state index in [0.717, 1.165) is 12.3 Å². The molecule has 1 saturated carbocycles. The molecule has 1 aliphatic carbocycles. The Morgan fingerprint density at radius 2 is 1.94 bits per heavy atom. The normalized spacial score (nSPS) is 17.2. The van der Waals surface area contributed by atoms with Crippen molar-refractivity contribution in [3.05, 3.63) is 12.7 Å². The molecular weight excluding hydrogens is 204 g/mol. The third-order valence-electron chi connectivity index (χ3n) is 3.18. The van der Waals surface area contributed by atoms with Crippen LogP contribution in [0.4, 0.5) is 0 Å². The molecule has 1 N–H and O–H groups in total. The van der Waals surface area contributed by atoms with Crippen LogP contribution in [-0.2, 0) is 4.79 Å². The molecule has 0 spiro atoms. The number of hydrogen-bond acceptors (Lipinski definition) is 3. The van der Waals surface area contributed by atoms with Gasteiger partial charge in [-0.3, -0.25) is 10.2 Å². The summed E-state index contributed by atoms with van der Waals surface area (Å²) >= 11 is 0. The first-order valence-electron chi connectivity index (χ1n) is 5.99. The largest absolute Gasteiger partial charge is 0.273 e. The van der Waals surface area contributed by atoms with Gasteiger partial charge in [-0.2, -0.15) is 0 Å². The third kappa shape index (κ3) is 3.32. The summed E-state index contributed by atoms with van der Waals surface area (Å²) in [5, 5.41) is 7.25. The molecule has 1 amide bonds. The summed E-state index contributed by atoms with van der Waals surface area (Å²) < 4.78 is 1.49. The highest BCUT2D eigenvalue weighted by atomic mass is 16.2. The van der Waals surface area contributed by atoms with Gasteiger partial charge < -0.3 is 0 Å². The van der Waals surface area contributed by atoms with Crippen LogP contribution in [0.2, 0.25) is 0 Å². The van der Waals surface area contributed by atoms with Crippen LogP contribution in [0.15, 0.2) is 12.7 Å². The third-order valence-corrected chi connectivity index (χ3v) is 3.18. The van der Waals surface area contributed by atoms with Gasteiger partial charge in [0, 0.05) is 6.42 Å². The first-order valence-corrected chi connectivity index (χ1v) is 5.99. The Bertz CT molecular complexity index is 317. The smallest absolute Gasteiger partial charge is 0.238 e. The van der Waals surface area contributed by atoms with Crippen LogP contribution in [-0.4, -0.2) is 20.8 Å². The molecule has 0 saturated heterocycles. The van der Waals surface area contributed by atoms with Crippen molar-refractivity contribution in [1.29, 1.82) is 0 Å². The summed E-state index contributed by atoms with van der Waals surface area (Å²) in [7, 11) is 0. The van der Waals surface area contributed by atoms with E-state index in [1.54, 1.807) is 0 Å². The summed E-state index contributed by atoms with van der Waals surface area (Å²) in [6.45, 7) is 0. The molecule has 0 aliphatic heterocycles. The maximum Gasteiger partial charge on any atom is 0.238 e. The van der Waals surface area contributed by atoms with Gasteiger partial charge in [0.1, 0.15) is 12.7 Å². The fourth-order valence-electron chi connectivity index (χ4n) is 2.27. The van der Waals surface area contributed by atoms with Gasteiger partial charge in [-0.05, 0) is 12.3 Å². The van der Waals surface area contributed by atoms with E-state index < -0.39 is 0 Å². The molecule has 1 aromatic heterocycles. The predicted octanol–water partition coefficient (Wildman–Crippen LogP) is 1.71. The molecule has 1 aliphatic rings. The molecule has 16 heavy (non-hydrogen) atoms. The number of carbonyl (C=O) groups is 1. The molecule has 5 heteroatoms. The van der Waals surface area contributed by atoms with E-state index in [4.69, 9.17) is 0 Å². The van der Waals surface area contributed by atoms with Gasteiger partial charge >= 0.3 is 0 Å². The Morgan fingerprint density at radius 1 is 1.25 bits per heavy atom. The zero-order valence-corrected chi connectivity index (χ0v) is 9.43. The monoisotopic (exact) mass is 222 g/mol. The standard InChI is InChI=1S/C11H18N4O/c16-11(14-15-8-12-13-9-15)7-6-10-4-2-1-3-5-10/h8-10H,1-7H2,(H,14,16). The van der Waals surface area contributed by atoms with Gasteiger partial charge in [-0.25, -0.2) is 4.68 Å². The molecule has 0 unspecified atom stereocenters. The van der Waals surface area contributed by atoms with Crippen molar-refractivity contribution in [2.45, 2.75) is 44.9 Å². The van der Waals surface area contributed by atoms with Crippen molar-refractivity contribution in [3.8, 4) is 0 Å². The number of nitrogens with one attached hydrogen (secondary N) is 1. The van der Waals surface area contributed by atoms with Crippen LogP contribution in [0.25, 0.3) is 0 Å². The fraction of sp³-hybridized carbons (Fsp3) is 0.727. The van der Waals surface area contributed by atoms with Gasteiger partial charge in [0.2, 0.25) is 5.91 Å². The zero-order chi connectivity index (χ0) is 11.2. The lowest BCUT2D eigenvalue weighted by Crippen LogP contribution is -2.22. The van der Waals surface area contributed by atoms with Crippen molar-refractivity contribution in [3.63, 3.8) is 0 Å². The maximum absolute atomic E-state index is 11.6. The number of nitrogens with zero attached hydrogens (tertiary/aromatic N) is 3. The Labute approximate surface area is 95.2 Å². The van der Waals surface area contributed by atoms with E-state index in [9.17, 15) is 4.79 Å². The Balaban J connectivity index is 1.67. The quantitative estimate of drug-likeness (QED) is 0.843. The van der Waals surface area contributed by atoms with Crippen LogP contribution in [0.1, 0.15) is 44.9 Å². The molecule has 1 fully saturated rings. The van der Waals surface area contributed by atoms with Crippen LogP contribution in [0.5, 0.6) is 0 Å². The maximum atomic E-state index is 11.6. The lowest BCUT2D eigenvalue weighted by Gasteiger charge is -2.20. The van der Waals surface area contributed by atoms with Crippen LogP contribution in [0.3, 0.4) is 0 Å². The number of rotatable bonds is 4. The lowest BCUT2D eigenvalue weighted by atomic mass is 9.86. The lowest BCUT2D eigenvalue weighted by molar-refractivity contribution is -0.117. The highest BCUT2D eigenvalue weighted by Crippen LogP contribution is 2.27. The van der Waals surface area contributed by atoms with Gasteiger partial charge in [0.15, 0.2) is 0 Å². The molecule has 0 bridgehead atoms. The van der Waals surface area contributed by atoms with Crippen molar-refractivity contribution >= 4 is 5.91 Å². The Hall–Kier alpha value is -1.39. The molecule has 88 valence electrons. The second kappa shape index (κ2) is 5.63. The number of aromatic nitrogens is 3. The summed E-state index contributed by atoms with van der Waals surface area (Å²) in [6, 6.07) is 0. The average molecular weight is 222 g/mol. The fourth-order valence-corrected chi connectivity index (χ4v) is 2.27. The minimum absolute atomic E-state index is 0.0466. The highest BCUT2D eigenvalue weighted by molar-refractivity contribution is 5.83. The first-order chi connectivity index (χ1) is 7.84. The van der Waals surface area contributed by atoms with Crippen molar-refractivity contribution in [2.75, 3.05) is 5.43 Å². The van der Waals surface area contributed by atoms with E-state index in [1.165, 1.54) is 49.4 Å². The van der Waals surface area contributed by atoms with E-state index >= 15 is 0 Å². The van der Waals surface area contributed by atoms with E-state index in [-0.39, 0.29) is 5.91 Å².